The minimum Gasteiger partial charge on any atom is -0.477 e. The predicted molar refractivity (Wildman–Crippen MR) is 118 cm³/mol. The zero-order valence-electron chi connectivity index (χ0n) is 17.2. The zero-order valence-corrected chi connectivity index (χ0v) is 19.7. The van der Waals surface area contributed by atoms with Crippen molar-refractivity contribution in [2.45, 2.75) is 53.0 Å². The van der Waals surface area contributed by atoms with Crippen LogP contribution in [0.4, 0.5) is 5.69 Å². The zero-order chi connectivity index (χ0) is 21.4. The standard InChI is InChI=1S/C20H27ClNO4PS/c1-12(2)22(15-11-17(20(4,5)6)28-18(15)19(23)24)27(25,26-7)16-9-8-14(21)10-13(16)3/h8-12H,1-7H3,(H,23,24). The minimum absolute atomic E-state index is 0.155. The molecule has 0 saturated carbocycles. The molecule has 154 valence electrons. The van der Waals surface area contributed by atoms with Crippen LogP contribution < -0.4 is 9.97 Å². The second-order valence-corrected chi connectivity index (χ2v) is 11.8. The highest BCUT2D eigenvalue weighted by Crippen LogP contribution is 2.55. The van der Waals surface area contributed by atoms with Crippen LogP contribution in [0.2, 0.25) is 5.02 Å². The van der Waals surface area contributed by atoms with E-state index in [1.165, 1.54) is 18.4 Å². The largest absolute Gasteiger partial charge is 0.477 e. The third-order valence-corrected chi connectivity index (χ3v) is 9.00. The molecule has 0 aliphatic heterocycles. The monoisotopic (exact) mass is 443 g/mol. The quantitative estimate of drug-likeness (QED) is 0.547. The second-order valence-electron chi connectivity index (χ2n) is 7.95. The van der Waals surface area contributed by atoms with Crippen molar-refractivity contribution < 1.29 is 19.0 Å². The number of carbonyl (C=O) groups is 1. The van der Waals surface area contributed by atoms with Crippen molar-refractivity contribution in [1.82, 2.24) is 0 Å². The Kier molecular flexibility index (Phi) is 6.72. The number of nitrogens with zero attached hydrogens (tertiary/aromatic N) is 1. The number of carboxylic acid groups (broad SMARTS) is 1. The number of carboxylic acids is 1. The average Bonchev–Trinajstić information content (AvgIpc) is 2.99. The second kappa shape index (κ2) is 8.19. The van der Waals surface area contributed by atoms with E-state index in [1.807, 2.05) is 47.6 Å². The summed E-state index contributed by atoms with van der Waals surface area (Å²) in [6, 6.07) is 6.65. The highest BCUT2D eigenvalue weighted by molar-refractivity contribution is 7.68. The van der Waals surface area contributed by atoms with Crippen molar-refractivity contribution in [1.29, 1.82) is 0 Å². The first-order chi connectivity index (χ1) is 12.8. The topological polar surface area (TPSA) is 66.8 Å². The molecule has 2 rings (SSSR count). The van der Waals surface area contributed by atoms with Gasteiger partial charge in [0.05, 0.1) is 11.0 Å². The lowest BCUT2D eigenvalue weighted by Crippen LogP contribution is -2.34. The fourth-order valence-electron chi connectivity index (χ4n) is 3.04. The summed E-state index contributed by atoms with van der Waals surface area (Å²) < 4.78 is 21.4. The van der Waals surface area contributed by atoms with Gasteiger partial charge in [-0.15, -0.1) is 11.3 Å². The lowest BCUT2D eigenvalue weighted by molar-refractivity contribution is 0.0703. The Morgan fingerprint density at radius 1 is 1.29 bits per heavy atom. The average molecular weight is 444 g/mol. The Morgan fingerprint density at radius 2 is 1.89 bits per heavy atom. The molecular formula is C20H27ClNO4PS. The number of halogens is 1. The summed E-state index contributed by atoms with van der Waals surface area (Å²) in [4.78, 5) is 13.0. The Morgan fingerprint density at radius 3 is 2.32 bits per heavy atom. The number of rotatable bonds is 6. The van der Waals surface area contributed by atoms with Crippen molar-refractivity contribution in [3.8, 4) is 0 Å². The van der Waals surface area contributed by atoms with Crippen LogP contribution in [0.3, 0.4) is 0 Å². The molecule has 0 saturated heterocycles. The normalized spacial score (nSPS) is 14.2. The smallest absolute Gasteiger partial charge is 0.348 e. The first-order valence-corrected chi connectivity index (χ1v) is 11.7. The van der Waals surface area contributed by atoms with Gasteiger partial charge in [0.15, 0.2) is 0 Å². The van der Waals surface area contributed by atoms with E-state index in [9.17, 15) is 14.5 Å². The van der Waals surface area contributed by atoms with E-state index < -0.39 is 13.5 Å². The molecule has 0 aliphatic carbocycles. The first-order valence-electron chi connectivity index (χ1n) is 8.92. The van der Waals surface area contributed by atoms with Crippen molar-refractivity contribution in [2.24, 2.45) is 0 Å². The van der Waals surface area contributed by atoms with Crippen molar-refractivity contribution in [3.05, 3.63) is 44.6 Å². The molecule has 1 heterocycles. The van der Waals surface area contributed by atoms with Crippen molar-refractivity contribution in [3.63, 3.8) is 0 Å². The molecule has 1 N–H and O–H groups in total. The summed E-state index contributed by atoms with van der Waals surface area (Å²) in [6.07, 6.45) is 0. The van der Waals surface area contributed by atoms with Crippen LogP contribution >= 0.6 is 30.5 Å². The molecule has 1 atom stereocenters. The summed E-state index contributed by atoms with van der Waals surface area (Å²) in [7, 11) is -2.20. The number of benzene rings is 1. The first kappa shape index (κ1) is 23.0. The van der Waals surface area contributed by atoms with Crippen LogP contribution in [0, 0.1) is 6.92 Å². The summed E-state index contributed by atoms with van der Waals surface area (Å²) in [6.45, 7) is 11.6. The molecule has 0 bridgehead atoms. The van der Waals surface area contributed by atoms with Gasteiger partial charge in [-0.3, -0.25) is 9.24 Å². The summed E-state index contributed by atoms with van der Waals surface area (Å²) in [5.41, 5.74) is 0.909. The lowest BCUT2D eigenvalue weighted by Gasteiger charge is -2.36. The van der Waals surface area contributed by atoms with E-state index in [-0.39, 0.29) is 16.3 Å². The molecule has 1 unspecified atom stereocenters. The molecule has 8 heteroatoms. The van der Waals surface area contributed by atoms with E-state index >= 15 is 0 Å². The highest BCUT2D eigenvalue weighted by atomic mass is 35.5. The lowest BCUT2D eigenvalue weighted by atomic mass is 9.94. The molecule has 1 aromatic carbocycles. The molecule has 0 spiro atoms. The Balaban J connectivity index is 2.79. The molecule has 1 aromatic heterocycles. The van der Waals surface area contributed by atoms with Crippen LogP contribution in [0.25, 0.3) is 0 Å². The SMILES string of the molecule is COP(=O)(c1ccc(Cl)cc1C)N(c1cc(C(C)(C)C)sc1C(=O)O)C(C)C. The highest BCUT2D eigenvalue weighted by Gasteiger charge is 2.40. The van der Waals surface area contributed by atoms with Gasteiger partial charge < -0.3 is 9.63 Å². The summed E-state index contributed by atoms with van der Waals surface area (Å²) in [5, 5.41) is 10.9. The Hall–Kier alpha value is -1.33. The van der Waals surface area contributed by atoms with Gasteiger partial charge >= 0.3 is 13.5 Å². The summed E-state index contributed by atoms with van der Waals surface area (Å²) in [5.74, 6) is -1.04. The van der Waals surface area contributed by atoms with E-state index in [4.69, 9.17) is 16.1 Å². The maximum atomic E-state index is 14.2. The van der Waals surface area contributed by atoms with Gasteiger partial charge in [0.1, 0.15) is 4.88 Å². The molecule has 0 aliphatic rings. The van der Waals surface area contributed by atoms with Gasteiger partial charge in [-0.05, 0) is 56.0 Å². The molecule has 28 heavy (non-hydrogen) atoms. The number of hydrogen-bond donors (Lipinski definition) is 1. The van der Waals surface area contributed by atoms with Gasteiger partial charge in [-0.1, -0.05) is 32.4 Å². The van der Waals surface area contributed by atoms with E-state index in [0.29, 0.717) is 16.0 Å². The third kappa shape index (κ3) is 4.30. The van der Waals surface area contributed by atoms with Crippen molar-refractivity contribution >= 4 is 47.4 Å². The van der Waals surface area contributed by atoms with Crippen LogP contribution in [-0.4, -0.2) is 24.2 Å². The molecule has 5 nitrogen and oxygen atoms in total. The van der Waals surface area contributed by atoms with Crippen LogP contribution in [0.15, 0.2) is 24.3 Å². The predicted octanol–water partition coefficient (Wildman–Crippen LogP) is 6.09. The fraction of sp³-hybridized carbons (Fsp3) is 0.450. The van der Waals surface area contributed by atoms with Gasteiger partial charge in [0.25, 0.3) is 0 Å². The Labute approximate surface area is 175 Å². The van der Waals surface area contributed by atoms with Gasteiger partial charge in [0.2, 0.25) is 0 Å². The number of aryl methyl sites for hydroxylation is 1. The van der Waals surface area contributed by atoms with Crippen LogP contribution in [-0.2, 0) is 14.5 Å². The molecule has 0 fully saturated rings. The van der Waals surface area contributed by atoms with Gasteiger partial charge in [-0.2, -0.15) is 0 Å². The van der Waals surface area contributed by atoms with Gasteiger partial charge in [-0.25, -0.2) is 4.79 Å². The third-order valence-electron chi connectivity index (χ3n) is 4.38. The summed E-state index contributed by atoms with van der Waals surface area (Å²) >= 11 is 7.28. The maximum absolute atomic E-state index is 14.2. The van der Waals surface area contributed by atoms with Gasteiger partial charge in [0, 0.05) is 23.1 Å². The number of anilines is 1. The van der Waals surface area contributed by atoms with E-state index in [2.05, 4.69) is 0 Å². The molecular weight excluding hydrogens is 417 g/mol. The number of thiophene rings is 1. The molecule has 2 aromatic rings. The minimum atomic E-state index is -3.59. The number of aromatic carboxylic acids is 1. The number of hydrogen-bond acceptors (Lipinski definition) is 4. The van der Waals surface area contributed by atoms with E-state index in [1.54, 1.807) is 22.9 Å². The van der Waals surface area contributed by atoms with Crippen LogP contribution in [0.1, 0.15) is 54.7 Å². The van der Waals surface area contributed by atoms with Crippen LogP contribution in [0.5, 0.6) is 0 Å². The molecule has 0 radical (unpaired) electrons. The fourth-order valence-corrected chi connectivity index (χ4v) is 6.80. The molecule has 0 amide bonds. The van der Waals surface area contributed by atoms with Crippen molar-refractivity contribution in [2.75, 3.05) is 11.8 Å². The maximum Gasteiger partial charge on any atom is 0.348 e. The van der Waals surface area contributed by atoms with E-state index in [0.717, 1.165) is 10.4 Å². The Bertz CT molecular complexity index is 933.